The molecule has 1 saturated heterocycles. The van der Waals surface area contributed by atoms with Gasteiger partial charge in [-0.2, -0.15) is 0 Å². The summed E-state index contributed by atoms with van der Waals surface area (Å²) in [6.45, 7) is 3.96. The minimum atomic E-state index is -0.632. The second kappa shape index (κ2) is 4.53. The number of rotatable bonds is 2. The highest BCUT2D eigenvalue weighted by Gasteiger charge is 2.41. The number of piperidine rings is 1. The quantitative estimate of drug-likeness (QED) is 0.878. The van der Waals surface area contributed by atoms with E-state index in [9.17, 15) is 5.11 Å². The van der Waals surface area contributed by atoms with E-state index in [-0.39, 0.29) is 0 Å². The van der Waals surface area contributed by atoms with Crippen molar-refractivity contribution in [2.75, 3.05) is 13.1 Å². The number of aliphatic hydroxyl groups is 1. The van der Waals surface area contributed by atoms with Crippen LogP contribution in [-0.4, -0.2) is 18.2 Å². The number of nitrogens with one attached hydrogen (secondary N) is 1. The van der Waals surface area contributed by atoms with Crippen LogP contribution >= 0.6 is 27.3 Å². The Balaban J connectivity index is 2.34. The molecule has 0 bridgehead atoms. The first kappa shape index (κ1) is 11.6. The smallest absolute Gasteiger partial charge is 0.105 e. The van der Waals surface area contributed by atoms with Gasteiger partial charge in [-0.1, -0.05) is 6.92 Å². The molecule has 2 heterocycles. The molecule has 0 amide bonds. The molecule has 84 valence electrons. The second-order valence-electron chi connectivity index (χ2n) is 4.08. The van der Waals surface area contributed by atoms with Crippen LogP contribution in [0.4, 0.5) is 0 Å². The minimum absolute atomic E-state index is 0.321. The summed E-state index contributed by atoms with van der Waals surface area (Å²) in [5.74, 6) is 0.321. The molecule has 2 unspecified atom stereocenters. The normalized spacial score (nSPS) is 31.8. The fraction of sp³-hybridized carbons (Fsp3) is 0.636. The predicted octanol–water partition coefficient (Wildman–Crippen LogP) is 2.72. The van der Waals surface area contributed by atoms with E-state index >= 15 is 0 Å². The van der Waals surface area contributed by atoms with Crippen molar-refractivity contribution in [3.05, 3.63) is 20.8 Å². The van der Waals surface area contributed by atoms with E-state index in [0.29, 0.717) is 5.92 Å². The lowest BCUT2D eigenvalue weighted by Gasteiger charge is -2.39. The van der Waals surface area contributed by atoms with E-state index in [4.69, 9.17) is 0 Å². The van der Waals surface area contributed by atoms with Gasteiger partial charge in [-0.15, -0.1) is 11.3 Å². The van der Waals surface area contributed by atoms with Gasteiger partial charge in [0.1, 0.15) is 5.60 Å². The molecule has 2 nitrogen and oxygen atoms in total. The zero-order valence-electron chi connectivity index (χ0n) is 8.79. The van der Waals surface area contributed by atoms with Gasteiger partial charge in [-0.3, -0.25) is 0 Å². The van der Waals surface area contributed by atoms with Gasteiger partial charge in [-0.05, 0) is 46.8 Å². The van der Waals surface area contributed by atoms with Gasteiger partial charge in [0, 0.05) is 16.9 Å². The average Bonchev–Trinajstić information content (AvgIpc) is 2.66. The first-order valence-electron chi connectivity index (χ1n) is 5.35. The van der Waals surface area contributed by atoms with Gasteiger partial charge < -0.3 is 10.4 Å². The van der Waals surface area contributed by atoms with Gasteiger partial charge >= 0.3 is 0 Å². The number of hydrogen-bond acceptors (Lipinski definition) is 3. The van der Waals surface area contributed by atoms with Crippen molar-refractivity contribution in [3.63, 3.8) is 0 Å². The largest absolute Gasteiger partial charge is 0.384 e. The molecule has 1 fully saturated rings. The average molecular weight is 290 g/mol. The third-order valence-electron chi connectivity index (χ3n) is 3.25. The maximum absolute atomic E-state index is 10.8. The van der Waals surface area contributed by atoms with Crippen LogP contribution in [0.15, 0.2) is 15.9 Å². The molecule has 0 radical (unpaired) electrons. The van der Waals surface area contributed by atoms with Crippen LogP contribution in [0.3, 0.4) is 0 Å². The summed E-state index contributed by atoms with van der Waals surface area (Å²) in [6, 6.07) is 2.02. The molecule has 2 atom stereocenters. The van der Waals surface area contributed by atoms with E-state index < -0.39 is 5.60 Å². The topological polar surface area (TPSA) is 32.3 Å². The van der Waals surface area contributed by atoms with E-state index in [1.807, 2.05) is 11.4 Å². The van der Waals surface area contributed by atoms with Crippen LogP contribution in [-0.2, 0) is 5.60 Å². The molecule has 4 heteroatoms. The molecule has 2 N–H and O–H groups in total. The van der Waals surface area contributed by atoms with Crippen molar-refractivity contribution in [3.8, 4) is 0 Å². The van der Waals surface area contributed by atoms with E-state index in [1.54, 1.807) is 11.3 Å². The van der Waals surface area contributed by atoms with Crippen LogP contribution in [0.5, 0.6) is 0 Å². The molecule has 15 heavy (non-hydrogen) atoms. The van der Waals surface area contributed by atoms with Crippen molar-refractivity contribution < 1.29 is 5.11 Å². The molecule has 0 aromatic carbocycles. The highest BCUT2D eigenvalue weighted by Crippen LogP contribution is 2.42. The van der Waals surface area contributed by atoms with Crippen LogP contribution in [0, 0.1) is 5.92 Å². The lowest BCUT2D eigenvalue weighted by atomic mass is 9.79. The third kappa shape index (κ3) is 2.00. The van der Waals surface area contributed by atoms with Crippen LogP contribution < -0.4 is 5.32 Å². The fourth-order valence-corrected chi connectivity index (χ4v) is 4.24. The fourth-order valence-electron chi connectivity index (χ4n) is 2.31. The lowest BCUT2D eigenvalue weighted by molar-refractivity contribution is -0.0452. The van der Waals surface area contributed by atoms with Gasteiger partial charge in [0.05, 0.1) is 4.88 Å². The monoisotopic (exact) mass is 289 g/mol. The molecule has 0 saturated carbocycles. The molecule has 1 aromatic rings. The van der Waals surface area contributed by atoms with Gasteiger partial charge in [0.25, 0.3) is 0 Å². The first-order chi connectivity index (χ1) is 7.18. The lowest BCUT2D eigenvalue weighted by Crippen LogP contribution is -2.47. The molecule has 1 aromatic heterocycles. The maximum atomic E-state index is 10.8. The van der Waals surface area contributed by atoms with Crippen molar-refractivity contribution >= 4 is 27.3 Å². The summed E-state index contributed by atoms with van der Waals surface area (Å²) in [5.41, 5.74) is -0.632. The second-order valence-corrected chi connectivity index (χ2v) is 5.85. The van der Waals surface area contributed by atoms with Gasteiger partial charge in [0.2, 0.25) is 0 Å². The molecule has 1 aliphatic heterocycles. The Hall–Kier alpha value is 0.100. The molecule has 2 rings (SSSR count). The number of hydrogen-bond donors (Lipinski definition) is 2. The summed E-state index contributed by atoms with van der Waals surface area (Å²) in [6.07, 6.45) is 1.82. The third-order valence-corrected chi connectivity index (χ3v) is 5.26. The SMILES string of the molecule is CCC1CNCCC1(O)c1sccc1Br. The molecule has 1 aliphatic rings. The van der Waals surface area contributed by atoms with E-state index in [1.165, 1.54) is 0 Å². The van der Waals surface area contributed by atoms with Crippen LogP contribution in [0.25, 0.3) is 0 Å². The zero-order valence-corrected chi connectivity index (χ0v) is 11.2. The Morgan fingerprint density at radius 3 is 3.13 bits per heavy atom. The number of thiophene rings is 1. The molecular weight excluding hydrogens is 274 g/mol. The molecular formula is C11H16BrNOS. The van der Waals surface area contributed by atoms with Crippen molar-refractivity contribution in [1.82, 2.24) is 5.32 Å². The minimum Gasteiger partial charge on any atom is -0.384 e. The van der Waals surface area contributed by atoms with E-state index in [0.717, 1.165) is 35.3 Å². The Morgan fingerprint density at radius 2 is 2.53 bits per heavy atom. The highest BCUT2D eigenvalue weighted by molar-refractivity contribution is 9.10. The predicted molar refractivity (Wildman–Crippen MR) is 67.2 cm³/mol. The Kier molecular flexibility index (Phi) is 3.50. The van der Waals surface area contributed by atoms with Crippen molar-refractivity contribution in [1.29, 1.82) is 0 Å². The number of halogens is 1. The summed E-state index contributed by atoms with van der Waals surface area (Å²) in [7, 11) is 0. The molecule has 0 spiro atoms. The Morgan fingerprint density at radius 1 is 1.73 bits per heavy atom. The Labute approximate surface area is 103 Å². The van der Waals surface area contributed by atoms with Gasteiger partial charge in [0.15, 0.2) is 0 Å². The first-order valence-corrected chi connectivity index (χ1v) is 7.02. The van der Waals surface area contributed by atoms with Crippen LogP contribution in [0.2, 0.25) is 0 Å². The molecule has 0 aliphatic carbocycles. The van der Waals surface area contributed by atoms with Crippen LogP contribution in [0.1, 0.15) is 24.6 Å². The van der Waals surface area contributed by atoms with Crippen molar-refractivity contribution in [2.45, 2.75) is 25.4 Å². The zero-order chi connectivity index (χ0) is 10.9. The van der Waals surface area contributed by atoms with Crippen molar-refractivity contribution in [2.24, 2.45) is 5.92 Å². The summed E-state index contributed by atoms with van der Waals surface area (Å²) < 4.78 is 1.05. The summed E-state index contributed by atoms with van der Waals surface area (Å²) in [5, 5.41) is 16.2. The summed E-state index contributed by atoms with van der Waals surface area (Å²) in [4.78, 5) is 1.09. The maximum Gasteiger partial charge on any atom is 0.105 e. The summed E-state index contributed by atoms with van der Waals surface area (Å²) >= 11 is 5.17. The highest BCUT2D eigenvalue weighted by atomic mass is 79.9. The Bertz CT molecular complexity index is 341. The van der Waals surface area contributed by atoms with Gasteiger partial charge in [-0.25, -0.2) is 0 Å². The van der Waals surface area contributed by atoms with E-state index in [2.05, 4.69) is 28.2 Å². The standard InChI is InChI=1S/C11H16BrNOS/c1-2-8-7-13-5-4-11(8,14)10-9(12)3-6-15-10/h3,6,8,13-14H,2,4-5,7H2,1H3.